The summed E-state index contributed by atoms with van der Waals surface area (Å²) in [4.78, 5) is 4.20. The summed E-state index contributed by atoms with van der Waals surface area (Å²) >= 11 is 1.03. The molecule has 96 valence electrons. The molecule has 0 amide bonds. The SMILES string of the molecule is CCc1ccc(S(=O)(=O)Nc2nc(C)ns2)cc1. The first-order valence-electron chi connectivity index (χ1n) is 5.43. The molecule has 0 aliphatic rings. The highest BCUT2D eigenvalue weighted by Gasteiger charge is 2.15. The van der Waals surface area contributed by atoms with Crippen molar-refractivity contribution in [1.29, 1.82) is 0 Å². The van der Waals surface area contributed by atoms with Crippen molar-refractivity contribution in [3.05, 3.63) is 35.7 Å². The van der Waals surface area contributed by atoms with E-state index in [9.17, 15) is 8.42 Å². The van der Waals surface area contributed by atoms with E-state index in [1.54, 1.807) is 31.2 Å². The van der Waals surface area contributed by atoms with Crippen LogP contribution in [0.1, 0.15) is 18.3 Å². The number of aromatic nitrogens is 2. The van der Waals surface area contributed by atoms with Crippen LogP contribution in [0.25, 0.3) is 0 Å². The van der Waals surface area contributed by atoms with Gasteiger partial charge in [0.2, 0.25) is 5.13 Å². The van der Waals surface area contributed by atoms with Gasteiger partial charge in [0.25, 0.3) is 10.0 Å². The van der Waals surface area contributed by atoms with Crippen LogP contribution in [0, 0.1) is 6.92 Å². The van der Waals surface area contributed by atoms with Crippen molar-refractivity contribution < 1.29 is 8.42 Å². The highest BCUT2D eigenvalue weighted by Crippen LogP contribution is 2.18. The van der Waals surface area contributed by atoms with E-state index in [2.05, 4.69) is 14.1 Å². The normalized spacial score (nSPS) is 11.4. The number of nitrogens with zero attached hydrogens (tertiary/aromatic N) is 2. The highest BCUT2D eigenvalue weighted by molar-refractivity contribution is 7.93. The molecule has 7 heteroatoms. The number of nitrogens with one attached hydrogen (secondary N) is 1. The minimum Gasteiger partial charge on any atom is -0.253 e. The number of benzene rings is 1. The van der Waals surface area contributed by atoms with Crippen LogP contribution < -0.4 is 4.72 Å². The van der Waals surface area contributed by atoms with Gasteiger partial charge >= 0.3 is 0 Å². The van der Waals surface area contributed by atoms with E-state index in [0.29, 0.717) is 5.82 Å². The zero-order valence-electron chi connectivity index (χ0n) is 10.0. The van der Waals surface area contributed by atoms with Gasteiger partial charge in [0, 0.05) is 11.5 Å². The molecule has 0 aliphatic heterocycles. The predicted molar refractivity (Wildman–Crippen MR) is 71.3 cm³/mol. The summed E-state index contributed by atoms with van der Waals surface area (Å²) in [5.41, 5.74) is 1.10. The Kier molecular flexibility index (Phi) is 3.63. The third-order valence-electron chi connectivity index (χ3n) is 2.39. The molecule has 0 atom stereocenters. The molecule has 0 saturated carbocycles. The van der Waals surface area contributed by atoms with E-state index in [4.69, 9.17) is 0 Å². The van der Waals surface area contributed by atoms with Gasteiger partial charge in [0.15, 0.2) is 0 Å². The third-order valence-corrected chi connectivity index (χ3v) is 4.60. The second-order valence-electron chi connectivity index (χ2n) is 3.75. The van der Waals surface area contributed by atoms with Crippen molar-refractivity contribution >= 4 is 26.7 Å². The number of sulfonamides is 1. The topological polar surface area (TPSA) is 72.0 Å². The van der Waals surface area contributed by atoms with Crippen LogP contribution in [-0.4, -0.2) is 17.8 Å². The van der Waals surface area contributed by atoms with Gasteiger partial charge in [-0.15, -0.1) is 0 Å². The Bertz CT molecular complexity index is 633. The summed E-state index contributed by atoms with van der Waals surface area (Å²) in [5.74, 6) is 0.555. The fourth-order valence-electron chi connectivity index (χ4n) is 1.42. The van der Waals surface area contributed by atoms with Gasteiger partial charge in [-0.3, -0.25) is 4.72 Å². The Labute approximate surface area is 110 Å². The minimum absolute atomic E-state index is 0.229. The number of rotatable bonds is 4. The highest BCUT2D eigenvalue weighted by atomic mass is 32.2. The lowest BCUT2D eigenvalue weighted by Gasteiger charge is -2.05. The third kappa shape index (κ3) is 2.85. The summed E-state index contributed by atoms with van der Waals surface area (Å²) in [7, 11) is -3.57. The van der Waals surface area contributed by atoms with Crippen LogP contribution in [0.15, 0.2) is 29.2 Å². The molecular formula is C11H13N3O2S2. The van der Waals surface area contributed by atoms with E-state index >= 15 is 0 Å². The molecule has 1 aromatic carbocycles. The standard InChI is InChI=1S/C11H13N3O2S2/c1-3-9-4-6-10(7-5-9)18(15,16)14-11-12-8(2)13-17-11/h4-7H,3H2,1-2H3,(H,12,13,14). The maximum absolute atomic E-state index is 12.0. The van der Waals surface area contributed by atoms with Gasteiger partial charge in [-0.05, 0) is 31.0 Å². The molecule has 0 radical (unpaired) electrons. The lowest BCUT2D eigenvalue weighted by molar-refractivity contribution is 0.601. The van der Waals surface area contributed by atoms with Crippen molar-refractivity contribution in [2.75, 3.05) is 4.72 Å². The molecular weight excluding hydrogens is 270 g/mol. The first-order valence-corrected chi connectivity index (χ1v) is 7.69. The van der Waals surface area contributed by atoms with E-state index < -0.39 is 10.0 Å². The monoisotopic (exact) mass is 283 g/mol. The fraction of sp³-hybridized carbons (Fsp3) is 0.273. The van der Waals surface area contributed by atoms with Crippen LogP contribution >= 0.6 is 11.5 Å². The molecule has 1 aromatic heterocycles. The largest absolute Gasteiger partial charge is 0.263 e. The Morgan fingerprint density at radius 2 is 1.94 bits per heavy atom. The van der Waals surface area contributed by atoms with E-state index in [1.807, 2.05) is 6.92 Å². The molecule has 0 spiro atoms. The van der Waals surface area contributed by atoms with Gasteiger partial charge in [0.05, 0.1) is 4.90 Å². The second-order valence-corrected chi connectivity index (χ2v) is 6.18. The van der Waals surface area contributed by atoms with Crippen LogP contribution in [0.2, 0.25) is 0 Å². The molecule has 0 bridgehead atoms. The Morgan fingerprint density at radius 1 is 1.28 bits per heavy atom. The smallest absolute Gasteiger partial charge is 0.253 e. The summed E-state index contributed by atoms with van der Waals surface area (Å²) < 4.78 is 30.4. The molecule has 0 aliphatic carbocycles. The second kappa shape index (κ2) is 5.03. The molecule has 2 aromatic rings. The first-order chi connectivity index (χ1) is 8.51. The number of aryl methyl sites for hydroxylation is 2. The van der Waals surface area contributed by atoms with Crippen molar-refractivity contribution in [2.24, 2.45) is 0 Å². The molecule has 1 heterocycles. The molecule has 5 nitrogen and oxygen atoms in total. The summed E-state index contributed by atoms with van der Waals surface area (Å²) in [6, 6.07) is 6.80. The van der Waals surface area contributed by atoms with Crippen molar-refractivity contribution in [2.45, 2.75) is 25.2 Å². The van der Waals surface area contributed by atoms with Gasteiger partial charge < -0.3 is 0 Å². The summed E-state index contributed by atoms with van der Waals surface area (Å²) in [6.45, 7) is 3.73. The maximum atomic E-state index is 12.0. The average Bonchev–Trinajstić information content (AvgIpc) is 2.74. The van der Waals surface area contributed by atoms with Gasteiger partial charge in [-0.25, -0.2) is 13.4 Å². The molecule has 2 rings (SSSR count). The molecule has 0 fully saturated rings. The molecule has 18 heavy (non-hydrogen) atoms. The van der Waals surface area contributed by atoms with Crippen molar-refractivity contribution in [3.63, 3.8) is 0 Å². The average molecular weight is 283 g/mol. The quantitative estimate of drug-likeness (QED) is 0.933. The number of anilines is 1. The summed E-state index contributed by atoms with van der Waals surface area (Å²) in [6.07, 6.45) is 0.878. The van der Waals surface area contributed by atoms with Gasteiger partial charge in [-0.2, -0.15) is 4.37 Å². The number of hydrogen-bond donors (Lipinski definition) is 1. The maximum Gasteiger partial charge on any atom is 0.263 e. The zero-order valence-corrected chi connectivity index (χ0v) is 11.7. The lowest BCUT2D eigenvalue weighted by Crippen LogP contribution is -2.12. The Balaban J connectivity index is 2.24. The Morgan fingerprint density at radius 3 is 2.44 bits per heavy atom. The van der Waals surface area contributed by atoms with Gasteiger partial charge in [0.1, 0.15) is 5.82 Å². The Hall–Kier alpha value is -1.47. The molecule has 0 saturated heterocycles. The zero-order chi connectivity index (χ0) is 13.2. The fourth-order valence-corrected chi connectivity index (χ4v) is 3.22. The van der Waals surface area contributed by atoms with E-state index in [0.717, 1.165) is 23.5 Å². The minimum atomic E-state index is -3.57. The first kappa shape index (κ1) is 13.0. The lowest BCUT2D eigenvalue weighted by atomic mass is 10.2. The molecule has 1 N–H and O–H groups in total. The van der Waals surface area contributed by atoms with Crippen molar-refractivity contribution in [3.8, 4) is 0 Å². The summed E-state index contributed by atoms with van der Waals surface area (Å²) in [5, 5.41) is 0.284. The van der Waals surface area contributed by atoms with E-state index in [1.165, 1.54) is 0 Å². The predicted octanol–water partition coefficient (Wildman–Crippen LogP) is 2.21. The van der Waals surface area contributed by atoms with Crippen LogP contribution in [0.4, 0.5) is 5.13 Å². The van der Waals surface area contributed by atoms with E-state index in [-0.39, 0.29) is 10.0 Å². The van der Waals surface area contributed by atoms with Crippen molar-refractivity contribution in [1.82, 2.24) is 9.36 Å². The van der Waals surface area contributed by atoms with Crippen LogP contribution in [0.3, 0.4) is 0 Å². The molecule has 0 unspecified atom stereocenters. The van der Waals surface area contributed by atoms with Crippen LogP contribution in [-0.2, 0) is 16.4 Å². The number of hydrogen-bond acceptors (Lipinski definition) is 5. The van der Waals surface area contributed by atoms with Crippen LogP contribution in [0.5, 0.6) is 0 Å². The van der Waals surface area contributed by atoms with Gasteiger partial charge in [-0.1, -0.05) is 19.1 Å².